The number of rotatable bonds is 7. The lowest BCUT2D eigenvalue weighted by Gasteiger charge is -2.12. The van der Waals surface area contributed by atoms with Crippen LogP contribution in [-0.4, -0.2) is 37.5 Å². The fourth-order valence-corrected chi connectivity index (χ4v) is 2.67. The number of aryl methyl sites for hydroxylation is 1. The zero-order valence-electron chi connectivity index (χ0n) is 15.9. The minimum Gasteiger partial charge on any atom is -0.465 e. The highest BCUT2D eigenvalue weighted by Crippen LogP contribution is 2.20. The largest absolute Gasteiger partial charge is 0.465 e. The van der Waals surface area contributed by atoms with E-state index >= 15 is 0 Å². The van der Waals surface area contributed by atoms with Gasteiger partial charge in [-0.2, -0.15) is 0 Å². The third kappa shape index (κ3) is 5.09. The van der Waals surface area contributed by atoms with Crippen molar-refractivity contribution < 1.29 is 19.1 Å². The first-order valence-electron chi connectivity index (χ1n) is 9.10. The number of esters is 1. The molecule has 0 saturated heterocycles. The Balaban J connectivity index is 1.58. The number of anilines is 2. The first kappa shape index (κ1) is 19.4. The van der Waals surface area contributed by atoms with E-state index in [1.54, 1.807) is 42.5 Å². The molecule has 3 rings (SSSR count). The molecule has 0 aromatic heterocycles. The zero-order valence-corrected chi connectivity index (χ0v) is 15.9. The van der Waals surface area contributed by atoms with Crippen molar-refractivity contribution in [3.8, 4) is 0 Å². The topological polar surface area (TPSA) is 96.5 Å². The van der Waals surface area contributed by atoms with E-state index in [0.717, 1.165) is 18.4 Å². The quantitative estimate of drug-likeness (QED) is 0.641. The number of carbonyl (C=O) groups is 3. The highest BCUT2D eigenvalue weighted by molar-refractivity contribution is 5.98. The van der Waals surface area contributed by atoms with Crippen LogP contribution in [0.1, 0.15) is 39.1 Å². The molecule has 0 atom stereocenters. The fourth-order valence-electron chi connectivity index (χ4n) is 2.67. The monoisotopic (exact) mass is 381 g/mol. The van der Waals surface area contributed by atoms with Crippen molar-refractivity contribution in [2.45, 2.75) is 25.8 Å². The fraction of sp³-hybridized carbons (Fsp3) is 0.286. The third-order valence-electron chi connectivity index (χ3n) is 4.42. The molecule has 0 radical (unpaired) electrons. The Morgan fingerprint density at radius 3 is 2.57 bits per heavy atom. The van der Waals surface area contributed by atoms with Gasteiger partial charge in [-0.25, -0.2) is 4.79 Å². The molecule has 28 heavy (non-hydrogen) atoms. The SMILES string of the molecule is COC(=O)c1ccc(C)c(NCC(=O)Nc2cccc(C(=O)NC3CC3)c2)c1. The highest BCUT2D eigenvalue weighted by Gasteiger charge is 2.23. The van der Waals surface area contributed by atoms with Crippen LogP contribution in [0, 0.1) is 6.92 Å². The Bertz CT molecular complexity index is 906. The summed E-state index contributed by atoms with van der Waals surface area (Å²) in [6.45, 7) is 1.90. The standard InChI is InChI=1S/C21H23N3O4/c1-13-6-7-15(21(27)28-2)11-18(13)22-12-19(25)23-17-5-3-4-14(10-17)20(26)24-16-8-9-16/h3-7,10-11,16,22H,8-9,12H2,1-2H3,(H,23,25)(H,24,26). The van der Waals surface area contributed by atoms with E-state index in [4.69, 9.17) is 4.74 Å². The van der Waals surface area contributed by atoms with Crippen LogP contribution in [0.15, 0.2) is 42.5 Å². The Morgan fingerprint density at radius 1 is 1.07 bits per heavy atom. The Hall–Kier alpha value is -3.35. The van der Waals surface area contributed by atoms with Crippen molar-refractivity contribution in [3.05, 3.63) is 59.2 Å². The van der Waals surface area contributed by atoms with Crippen molar-refractivity contribution in [1.82, 2.24) is 5.32 Å². The van der Waals surface area contributed by atoms with Crippen LogP contribution >= 0.6 is 0 Å². The highest BCUT2D eigenvalue weighted by atomic mass is 16.5. The smallest absolute Gasteiger partial charge is 0.337 e. The number of hydrogen-bond acceptors (Lipinski definition) is 5. The maximum absolute atomic E-state index is 12.3. The summed E-state index contributed by atoms with van der Waals surface area (Å²) >= 11 is 0. The summed E-state index contributed by atoms with van der Waals surface area (Å²) in [5, 5.41) is 8.72. The molecule has 1 aliphatic carbocycles. The molecule has 0 bridgehead atoms. The van der Waals surface area contributed by atoms with Gasteiger partial charge < -0.3 is 20.7 Å². The molecule has 3 N–H and O–H groups in total. The van der Waals surface area contributed by atoms with Crippen LogP contribution in [0.4, 0.5) is 11.4 Å². The van der Waals surface area contributed by atoms with Crippen LogP contribution in [0.5, 0.6) is 0 Å². The van der Waals surface area contributed by atoms with Crippen LogP contribution < -0.4 is 16.0 Å². The van der Waals surface area contributed by atoms with Gasteiger partial charge in [-0.3, -0.25) is 9.59 Å². The van der Waals surface area contributed by atoms with Gasteiger partial charge in [0.25, 0.3) is 5.91 Å². The minimum atomic E-state index is -0.436. The molecular weight excluding hydrogens is 358 g/mol. The van der Waals surface area contributed by atoms with Crippen molar-refractivity contribution in [1.29, 1.82) is 0 Å². The molecular formula is C21H23N3O4. The van der Waals surface area contributed by atoms with Gasteiger partial charge in [0, 0.05) is 23.0 Å². The number of hydrogen-bond donors (Lipinski definition) is 3. The van der Waals surface area contributed by atoms with E-state index in [1.807, 2.05) is 6.92 Å². The average molecular weight is 381 g/mol. The molecule has 0 aliphatic heterocycles. The predicted octanol–water partition coefficient (Wildman–Crippen LogP) is 2.72. The van der Waals surface area contributed by atoms with Gasteiger partial charge in [-0.15, -0.1) is 0 Å². The zero-order chi connectivity index (χ0) is 20.1. The van der Waals surface area contributed by atoms with Crippen molar-refractivity contribution in [2.24, 2.45) is 0 Å². The summed E-state index contributed by atoms with van der Waals surface area (Å²) in [5.74, 6) is -0.830. The molecule has 1 saturated carbocycles. The Morgan fingerprint density at radius 2 is 1.86 bits per heavy atom. The molecule has 7 nitrogen and oxygen atoms in total. The summed E-state index contributed by atoms with van der Waals surface area (Å²) in [5.41, 5.74) is 3.05. The third-order valence-corrected chi connectivity index (χ3v) is 4.42. The summed E-state index contributed by atoms with van der Waals surface area (Å²) in [4.78, 5) is 36.0. The van der Waals surface area contributed by atoms with Gasteiger partial charge in [0.05, 0.1) is 19.2 Å². The summed E-state index contributed by atoms with van der Waals surface area (Å²) in [6, 6.07) is 12.2. The van der Waals surface area contributed by atoms with Crippen molar-refractivity contribution in [3.63, 3.8) is 0 Å². The maximum Gasteiger partial charge on any atom is 0.337 e. The molecule has 2 aromatic rings. The van der Waals surface area contributed by atoms with Gasteiger partial charge >= 0.3 is 5.97 Å². The van der Waals surface area contributed by atoms with Crippen LogP contribution in [0.3, 0.4) is 0 Å². The van der Waals surface area contributed by atoms with E-state index in [0.29, 0.717) is 22.5 Å². The first-order valence-corrected chi connectivity index (χ1v) is 9.10. The first-order chi connectivity index (χ1) is 13.5. The van der Waals surface area contributed by atoms with Gasteiger partial charge in [-0.05, 0) is 55.7 Å². The number of nitrogens with one attached hydrogen (secondary N) is 3. The van der Waals surface area contributed by atoms with E-state index in [1.165, 1.54) is 7.11 Å². The summed E-state index contributed by atoms with van der Waals surface area (Å²) < 4.78 is 4.72. The summed E-state index contributed by atoms with van der Waals surface area (Å²) in [6.07, 6.45) is 2.04. The molecule has 146 valence electrons. The van der Waals surface area contributed by atoms with Gasteiger partial charge in [0.1, 0.15) is 0 Å². The molecule has 2 aromatic carbocycles. The van der Waals surface area contributed by atoms with Crippen LogP contribution in [0.25, 0.3) is 0 Å². The second-order valence-corrected chi connectivity index (χ2v) is 6.75. The van der Waals surface area contributed by atoms with Crippen LogP contribution in [-0.2, 0) is 9.53 Å². The van der Waals surface area contributed by atoms with Crippen molar-refractivity contribution in [2.75, 3.05) is 24.3 Å². The van der Waals surface area contributed by atoms with E-state index < -0.39 is 5.97 Å². The summed E-state index contributed by atoms with van der Waals surface area (Å²) in [7, 11) is 1.32. The second-order valence-electron chi connectivity index (χ2n) is 6.75. The number of methoxy groups -OCH3 is 1. The lowest BCUT2D eigenvalue weighted by Crippen LogP contribution is -2.26. The predicted molar refractivity (Wildman–Crippen MR) is 107 cm³/mol. The maximum atomic E-state index is 12.3. The molecule has 0 spiro atoms. The van der Waals surface area contributed by atoms with Gasteiger partial charge in [0.2, 0.25) is 5.91 Å². The molecule has 0 unspecified atom stereocenters. The Labute approximate surface area is 163 Å². The Kier molecular flexibility index (Phi) is 5.93. The lowest BCUT2D eigenvalue weighted by molar-refractivity contribution is -0.114. The molecule has 7 heteroatoms. The average Bonchev–Trinajstić information content (AvgIpc) is 3.51. The number of benzene rings is 2. The van der Waals surface area contributed by atoms with E-state index in [9.17, 15) is 14.4 Å². The molecule has 0 heterocycles. The number of carbonyl (C=O) groups excluding carboxylic acids is 3. The van der Waals surface area contributed by atoms with Crippen LogP contribution in [0.2, 0.25) is 0 Å². The molecule has 1 aliphatic rings. The van der Waals surface area contributed by atoms with Gasteiger partial charge in [0.15, 0.2) is 0 Å². The van der Waals surface area contributed by atoms with E-state index in [2.05, 4.69) is 16.0 Å². The number of ether oxygens (including phenoxy) is 1. The normalized spacial score (nSPS) is 12.8. The second kappa shape index (κ2) is 8.56. The van der Waals surface area contributed by atoms with Crippen molar-refractivity contribution >= 4 is 29.2 Å². The van der Waals surface area contributed by atoms with Gasteiger partial charge in [-0.1, -0.05) is 12.1 Å². The molecule has 1 fully saturated rings. The number of amides is 2. The minimum absolute atomic E-state index is 0.0178. The van der Waals surface area contributed by atoms with E-state index in [-0.39, 0.29) is 24.4 Å². The molecule has 2 amide bonds. The lowest BCUT2D eigenvalue weighted by atomic mass is 10.1.